The first-order valence-corrected chi connectivity index (χ1v) is 13.8. The number of urea groups is 1. The Bertz CT molecular complexity index is 1060. The molecule has 208 valence electrons. The molecule has 2 saturated heterocycles. The lowest BCUT2D eigenvalue weighted by molar-refractivity contribution is -0.0575. The van der Waals surface area contributed by atoms with Gasteiger partial charge >= 0.3 is 6.03 Å². The van der Waals surface area contributed by atoms with Gasteiger partial charge in [0.25, 0.3) is 0 Å². The van der Waals surface area contributed by atoms with E-state index in [1.54, 1.807) is 31.4 Å². The average Bonchev–Trinajstić information content (AvgIpc) is 3.24. The van der Waals surface area contributed by atoms with E-state index in [1.807, 2.05) is 23.1 Å². The molecule has 2 amide bonds. The molecule has 2 aromatic rings. The number of hydrogen-bond donors (Lipinski definition) is 2. The molecule has 0 radical (unpaired) electrons. The van der Waals surface area contributed by atoms with Crippen LogP contribution in [0.5, 0.6) is 11.5 Å². The molecule has 4 rings (SSSR count). The summed E-state index contributed by atoms with van der Waals surface area (Å²) < 4.78 is 25.7. The number of piperidine rings is 1. The predicted molar refractivity (Wildman–Crippen MR) is 146 cm³/mol. The van der Waals surface area contributed by atoms with Crippen LogP contribution in [0.4, 0.5) is 9.18 Å². The molecular weight excluding hydrogens is 485 g/mol. The molecule has 4 atom stereocenters. The Kier molecular flexibility index (Phi) is 9.63. The van der Waals surface area contributed by atoms with Gasteiger partial charge in [-0.15, -0.1) is 0 Å². The first-order valence-electron chi connectivity index (χ1n) is 13.8. The molecule has 0 aliphatic carbocycles. The van der Waals surface area contributed by atoms with Crippen LogP contribution in [0.2, 0.25) is 0 Å². The van der Waals surface area contributed by atoms with Crippen LogP contribution in [0.3, 0.4) is 0 Å². The van der Waals surface area contributed by atoms with Gasteiger partial charge in [-0.1, -0.05) is 30.3 Å². The summed E-state index contributed by atoms with van der Waals surface area (Å²) in [6, 6.07) is 14.1. The third kappa shape index (κ3) is 6.65. The average molecular weight is 528 g/mol. The molecule has 0 aromatic heterocycles. The number of carbonyl (C=O) groups excluding carboxylic acids is 1. The monoisotopic (exact) mass is 527 g/mol. The zero-order valence-electron chi connectivity index (χ0n) is 22.9. The fraction of sp³-hybridized carbons (Fsp3) is 0.567. The van der Waals surface area contributed by atoms with E-state index in [0.717, 1.165) is 38.6 Å². The summed E-state index contributed by atoms with van der Waals surface area (Å²) in [4.78, 5) is 17.4. The molecule has 0 bridgehead atoms. The van der Waals surface area contributed by atoms with Crippen molar-refractivity contribution in [2.75, 3.05) is 40.4 Å². The van der Waals surface area contributed by atoms with E-state index >= 15 is 0 Å². The highest BCUT2D eigenvalue weighted by Gasteiger charge is 2.43. The van der Waals surface area contributed by atoms with Crippen molar-refractivity contribution in [3.05, 3.63) is 59.9 Å². The summed E-state index contributed by atoms with van der Waals surface area (Å²) in [6.45, 7) is 4.73. The summed E-state index contributed by atoms with van der Waals surface area (Å²) in [5, 5.41) is 15.6. The minimum atomic E-state index is -1.25. The van der Waals surface area contributed by atoms with Crippen LogP contribution in [0.25, 0.3) is 0 Å². The number of benzene rings is 2. The number of rotatable bonds is 10. The van der Waals surface area contributed by atoms with Crippen molar-refractivity contribution >= 4 is 6.03 Å². The highest BCUT2D eigenvalue weighted by Crippen LogP contribution is 2.44. The van der Waals surface area contributed by atoms with E-state index in [1.165, 1.54) is 6.07 Å². The normalized spacial score (nSPS) is 23.7. The van der Waals surface area contributed by atoms with Crippen molar-refractivity contribution in [2.45, 2.75) is 63.1 Å². The highest BCUT2D eigenvalue weighted by molar-refractivity contribution is 5.74. The topological polar surface area (TPSA) is 74.3 Å². The number of halogens is 1. The molecule has 0 spiro atoms. The fourth-order valence-electron chi connectivity index (χ4n) is 5.87. The molecule has 1 unspecified atom stereocenters. The smallest absolute Gasteiger partial charge is 0.317 e. The number of methoxy groups -OCH3 is 1. The molecule has 2 N–H and O–H groups in total. The number of ether oxygens (including phenoxy) is 2. The zero-order valence-corrected chi connectivity index (χ0v) is 22.9. The molecule has 2 aliphatic rings. The molecule has 2 aliphatic heterocycles. The van der Waals surface area contributed by atoms with E-state index in [2.05, 4.69) is 24.2 Å². The number of nitrogens with one attached hydrogen (secondary N) is 1. The van der Waals surface area contributed by atoms with Gasteiger partial charge in [-0.3, -0.25) is 0 Å². The molecule has 2 aromatic carbocycles. The maximum absolute atomic E-state index is 14.4. The Morgan fingerprint density at radius 3 is 2.58 bits per heavy atom. The van der Waals surface area contributed by atoms with Gasteiger partial charge in [0, 0.05) is 56.9 Å². The predicted octanol–water partition coefficient (Wildman–Crippen LogP) is 5.14. The maximum Gasteiger partial charge on any atom is 0.317 e. The van der Waals surface area contributed by atoms with E-state index in [4.69, 9.17) is 9.47 Å². The number of para-hydroxylation sites is 2. The molecule has 38 heavy (non-hydrogen) atoms. The van der Waals surface area contributed by atoms with Crippen LogP contribution in [-0.4, -0.2) is 73.4 Å². The second kappa shape index (κ2) is 12.9. The second-order valence-electron chi connectivity index (χ2n) is 10.9. The quantitative estimate of drug-likeness (QED) is 0.419. The largest absolute Gasteiger partial charge is 0.454 e. The highest BCUT2D eigenvalue weighted by atomic mass is 19.1. The lowest BCUT2D eigenvalue weighted by Gasteiger charge is -2.43. The Morgan fingerprint density at radius 1 is 1.13 bits per heavy atom. The van der Waals surface area contributed by atoms with E-state index in [0.29, 0.717) is 43.5 Å². The van der Waals surface area contributed by atoms with Crippen LogP contribution in [0, 0.1) is 11.7 Å². The van der Waals surface area contributed by atoms with Crippen LogP contribution < -0.4 is 10.1 Å². The van der Waals surface area contributed by atoms with Gasteiger partial charge in [0.2, 0.25) is 0 Å². The summed E-state index contributed by atoms with van der Waals surface area (Å²) >= 11 is 0. The Balaban J connectivity index is 1.56. The van der Waals surface area contributed by atoms with Gasteiger partial charge in [-0.05, 0) is 70.7 Å². The number of likely N-dealkylation sites (N-methyl/N-ethyl adjacent to an activating group) is 1. The lowest BCUT2D eigenvalue weighted by atomic mass is 9.73. The molecule has 8 heteroatoms. The molecular formula is C30H42FN3O4. The number of unbranched alkanes of at least 4 members (excludes halogenated alkanes) is 1. The second-order valence-corrected chi connectivity index (χ2v) is 10.9. The summed E-state index contributed by atoms with van der Waals surface area (Å²) in [6.07, 6.45) is 4.55. The first-order chi connectivity index (χ1) is 18.3. The van der Waals surface area contributed by atoms with Crippen molar-refractivity contribution in [3.63, 3.8) is 0 Å². The molecule has 2 heterocycles. The molecule has 7 nitrogen and oxygen atoms in total. The van der Waals surface area contributed by atoms with Crippen molar-refractivity contribution in [1.29, 1.82) is 0 Å². The third-order valence-electron chi connectivity index (χ3n) is 8.16. The Labute approximate surface area is 225 Å². The number of amides is 2. The van der Waals surface area contributed by atoms with Crippen molar-refractivity contribution in [3.8, 4) is 11.5 Å². The van der Waals surface area contributed by atoms with E-state index in [-0.39, 0.29) is 23.7 Å². The van der Waals surface area contributed by atoms with E-state index < -0.39 is 11.4 Å². The number of carbonyl (C=O) groups is 1. The van der Waals surface area contributed by atoms with E-state index in [9.17, 15) is 14.3 Å². The number of likely N-dealkylation sites (tertiary alicyclic amines) is 2. The Hall–Kier alpha value is -2.68. The standard InChI is InChI=1S/C30H42FN3O4/c1-22-19-24(21-33(22)2)32-29(35)34-17-10-11-23(20-34)30(36,16-8-9-18-37-3)25-12-4-6-14-27(25)38-28-15-7-5-13-26(28)31/h4-7,12-15,22-24,36H,8-11,16-21H2,1-3H3,(H,32,35)/t22?,23-,24+,30+/m1/s1. The van der Waals surface area contributed by atoms with Crippen LogP contribution >= 0.6 is 0 Å². The number of nitrogens with zero attached hydrogens (tertiary/aromatic N) is 2. The summed E-state index contributed by atoms with van der Waals surface area (Å²) in [5.41, 5.74) is -0.629. The van der Waals surface area contributed by atoms with Gasteiger partial charge in [-0.25, -0.2) is 9.18 Å². The van der Waals surface area contributed by atoms with Crippen LogP contribution in [0.15, 0.2) is 48.5 Å². The van der Waals surface area contributed by atoms with Crippen molar-refractivity contribution in [2.24, 2.45) is 5.92 Å². The van der Waals surface area contributed by atoms with Gasteiger partial charge in [0.1, 0.15) is 5.75 Å². The number of aliphatic hydroxyl groups is 1. The van der Waals surface area contributed by atoms with Crippen molar-refractivity contribution < 1.29 is 23.8 Å². The van der Waals surface area contributed by atoms with Gasteiger partial charge in [0.05, 0.1) is 5.60 Å². The maximum atomic E-state index is 14.4. The zero-order chi connectivity index (χ0) is 27.1. The minimum Gasteiger partial charge on any atom is -0.454 e. The SMILES string of the molecule is COCCCC[C@@](O)(c1ccccc1Oc1ccccc1F)[C@@H]1CCCN(C(=O)N[C@H]2CC(C)N(C)C2)C1. The summed E-state index contributed by atoms with van der Waals surface area (Å²) in [5.74, 6) is -0.114. The van der Waals surface area contributed by atoms with Crippen molar-refractivity contribution in [1.82, 2.24) is 15.1 Å². The van der Waals surface area contributed by atoms with Crippen LogP contribution in [-0.2, 0) is 10.3 Å². The van der Waals surface area contributed by atoms with Gasteiger partial charge in [-0.2, -0.15) is 0 Å². The minimum absolute atomic E-state index is 0.0696. The first kappa shape index (κ1) is 28.3. The summed E-state index contributed by atoms with van der Waals surface area (Å²) in [7, 11) is 3.75. The van der Waals surface area contributed by atoms with Crippen LogP contribution in [0.1, 0.15) is 51.0 Å². The lowest BCUT2D eigenvalue weighted by Crippen LogP contribution is -2.52. The number of hydrogen-bond acceptors (Lipinski definition) is 5. The molecule has 2 fully saturated rings. The van der Waals surface area contributed by atoms with Gasteiger partial charge < -0.3 is 29.7 Å². The Morgan fingerprint density at radius 2 is 1.87 bits per heavy atom. The molecule has 0 saturated carbocycles. The fourth-order valence-corrected chi connectivity index (χ4v) is 5.87. The third-order valence-corrected chi connectivity index (χ3v) is 8.16. The van der Waals surface area contributed by atoms with Gasteiger partial charge in [0.15, 0.2) is 11.6 Å².